The Bertz CT molecular complexity index is 244. The van der Waals surface area contributed by atoms with Crippen molar-refractivity contribution in [3.8, 4) is 0 Å². The van der Waals surface area contributed by atoms with E-state index in [0.717, 1.165) is 29.5 Å². The molecule has 0 amide bonds. The molecule has 4 saturated carbocycles. The number of nitrogens with zero attached hydrogens (tertiary/aromatic N) is 1. The van der Waals surface area contributed by atoms with Gasteiger partial charge in [-0.15, -0.1) is 0 Å². The maximum Gasteiger partial charge on any atom is 0.123 e. The average molecular weight is 193 g/mol. The highest BCUT2D eigenvalue weighted by atomic mass is 15.2. The standard InChI is InChI=1S/C11H19N3/c12-11(14-13)10-8-2-6-1-7(4-8)5-9(10)3-6/h6-10H,1-5,13H2,(H2,12,14). The molecule has 4 fully saturated rings. The molecule has 0 unspecified atom stereocenters. The molecule has 4 N–H and O–H groups in total. The first-order chi connectivity index (χ1) is 6.78. The predicted molar refractivity (Wildman–Crippen MR) is 56.3 cm³/mol. The highest BCUT2D eigenvalue weighted by molar-refractivity contribution is 5.83. The van der Waals surface area contributed by atoms with Gasteiger partial charge in [0.2, 0.25) is 0 Å². The second kappa shape index (κ2) is 2.88. The van der Waals surface area contributed by atoms with Crippen LogP contribution in [-0.2, 0) is 0 Å². The van der Waals surface area contributed by atoms with Crippen molar-refractivity contribution in [2.24, 2.45) is 46.3 Å². The first kappa shape index (κ1) is 8.57. The number of amidine groups is 1. The van der Waals surface area contributed by atoms with E-state index in [0.29, 0.717) is 5.92 Å². The summed E-state index contributed by atoms with van der Waals surface area (Å²) in [5.74, 6) is 10.2. The fourth-order valence-electron chi connectivity index (χ4n) is 4.49. The van der Waals surface area contributed by atoms with Gasteiger partial charge in [-0.25, -0.2) is 0 Å². The van der Waals surface area contributed by atoms with E-state index in [-0.39, 0.29) is 0 Å². The lowest BCUT2D eigenvalue weighted by Crippen LogP contribution is -2.50. The smallest absolute Gasteiger partial charge is 0.123 e. The van der Waals surface area contributed by atoms with Crippen molar-refractivity contribution in [1.29, 1.82) is 0 Å². The van der Waals surface area contributed by atoms with E-state index in [1.807, 2.05) is 0 Å². The van der Waals surface area contributed by atoms with Crippen LogP contribution in [0.2, 0.25) is 0 Å². The van der Waals surface area contributed by atoms with E-state index < -0.39 is 0 Å². The van der Waals surface area contributed by atoms with E-state index in [1.165, 1.54) is 32.1 Å². The molecule has 0 radical (unpaired) electrons. The molecule has 0 saturated heterocycles. The van der Waals surface area contributed by atoms with Gasteiger partial charge in [-0.1, -0.05) is 0 Å². The molecule has 4 bridgehead atoms. The summed E-state index contributed by atoms with van der Waals surface area (Å²) in [6.45, 7) is 0. The zero-order valence-corrected chi connectivity index (χ0v) is 8.52. The Hall–Kier alpha value is -0.730. The Morgan fingerprint density at radius 3 is 1.86 bits per heavy atom. The topological polar surface area (TPSA) is 64.4 Å². The molecule has 0 atom stereocenters. The molecule has 0 aromatic carbocycles. The fraction of sp³-hybridized carbons (Fsp3) is 0.909. The molecule has 3 nitrogen and oxygen atoms in total. The Labute approximate surface area is 84.9 Å². The maximum absolute atomic E-state index is 5.92. The van der Waals surface area contributed by atoms with Crippen LogP contribution in [-0.4, -0.2) is 5.84 Å². The lowest BCUT2D eigenvalue weighted by molar-refractivity contribution is -0.00873. The molecule has 0 aliphatic heterocycles. The quantitative estimate of drug-likeness (QED) is 0.285. The second-order valence-corrected chi connectivity index (χ2v) is 5.51. The van der Waals surface area contributed by atoms with Crippen molar-refractivity contribution in [3.63, 3.8) is 0 Å². The largest absolute Gasteiger partial charge is 0.385 e. The van der Waals surface area contributed by atoms with Gasteiger partial charge in [-0.2, -0.15) is 5.10 Å². The Balaban J connectivity index is 1.88. The second-order valence-electron chi connectivity index (χ2n) is 5.51. The third-order valence-corrected chi connectivity index (χ3v) is 4.72. The fourth-order valence-corrected chi connectivity index (χ4v) is 4.49. The first-order valence-corrected chi connectivity index (χ1v) is 5.81. The van der Waals surface area contributed by atoms with Gasteiger partial charge in [0.1, 0.15) is 5.84 Å². The van der Waals surface area contributed by atoms with Crippen LogP contribution < -0.4 is 11.6 Å². The maximum atomic E-state index is 5.92. The van der Waals surface area contributed by atoms with Gasteiger partial charge >= 0.3 is 0 Å². The van der Waals surface area contributed by atoms with E-state index in [4.69, 9.17) is 11.6 Å². The molecule has 0 aromatic rings. The van der Waals surface area contributed by atoms with Crippen LogP contribution in [0.4, 0.5) is 0 Å². The van der Waals surface area contributed by atoms with E-state index in [9.17, 15) is 0 Å². The lowest BCUT2D eigenvalue weighted by Gasteiger charge is -2.54. The number of nitrogens with two attached hydrogens (primary N) is 2. The summed E-state index contributed by atoms with van der Waals surface area (Å²) in [6.07, 6.45) is 7.02. The summed E-state index contributed by atoms with van der Waals surface area (Å²) >= 11 is 0. The van der Waals surface area contributed by atoms with Crippen molar-refractivity contribution in [2.75, 3.05) is 0 Å². The number of hydrogen-bond acceptors (Lipinski definition) is 2. The monoisotopic (exact) mass is 193 g/mol. The van der Waals surface area contributed by atoms with Gasteiger partial charge in [0, 0.05) is 5.92 Å². The Kier molecular flexibility index (Phi) is 1.76. The van der Waals surface area contributed by atoms with Gasteiger partial charge in [-0.3, -0.25) is 0 Å². The Morgan fingerprint density at radius 2 is 1.43 bits per heavy atom. The van der Waals surface area contributed by atoms with Crippen molar-refractivity contribution in [1.82, 2.24) is 0 Å². The zero-order valence-electron chi connectivity index (χ0n) is 8.52. The third-order valence-electron chi connectivity index (χ3n) is 4.72. The summed E-state index contributed by atoms with van der Waals surface area (Å²) in [7, 11) is 0. The van der Waals surface area contributed by atoms with Gasteiger partial charge < -0.3 is 11.6 Å². The van der Waals surface area contributed by atoms with Crippen LogP contribution in [0.15, 0.2) is 5.10 Å². The molecule has 4 aliphatic carbocycles. The summed E-state index contributed by atoms with van der Waals surface area (Å²) in [5.41, 5.74) is 5.92. The molecule has 0 heterocycles. The molecule has 78 valence electrons. The van der Waals surface area contributed by atoms with Crippen LogP contribution in [0.3, 0.4) is 0 Å². The molecule has 4 aliphatic rings. The number of hydrogen-bond donors (Lipinski definition) is 2. The third kappa shape index (κ3) is 1.07. The molecule has 3 heteroatoms. The average Bonchev–Trinajstić information content (AvgIpc) is 2.15. The minimum absolute atomic E-state index is 0.521. The van der Waals surface area contributed by atoms with Gasteiger partial charge in [0.25, 0.3) is 0 Å². The molecular weight excluding hydrogens is 174 g/mol. The van der Waals surface area contributed by atoms with E-state index in [1.54, 1.807) is 0 Å². The SMILES string of the molecule is NN=C(N)C1C2CC3CC(C2)CC1C3. The van der Waals surface area contributed by atoms with Crippen LogP contribution >= 0.6 is 0 Å². The Morgan fingerprint density at radius 1 is 0.929 bits per heavy atom. The van der Waals surface area contributed by atoms with E-state index in [2.05, 4.69) is 5.10 Å². The van der Waals surface area contributed by atoms with Crippen LogP contribution in [0.5, 0.6) is 0 Å². The van der Waals surface area contributed by atoms with Gasteiger partial charge in [-0.05, 0) is 55.8 Å². The summed E-state index contributed by atoms with van der Waals surface area (Å²) in [5, 5.41) is 3.73. The van der Waals surface area contributed by atoms with Gasteiger partial charge in [0.05, 0.1) is 0 Å². The molecule has 0 aromatic heterocycles. The minimum Gasteiger partial charge on any atom is -0.385 e. The zero-order chi connectivity index (χ0) is 9.71. The molecule has 14 heavy (non-hydrogen) atoms. The van der Waals surface area contributed by atoms with Crippen LogP contribution in [0, 0.1) is 29.6 Å². The minimum atomic E-state index is 0.521. The number of hydrazone groups is 1. The van der Waals surface area contributed by atoms with E-state index >= 15 is 0 Å². The highest BCUT2D eigenvalue weighted by Crippen LogP contribution is 2.56. The summed E-state index contributed by atoms with van der Waals surface area (Å²) in [4.78, 5) is 0. The predicted octanol–water partition coefficient (Wildman–Crippen LogP) is 1.29. The van der Waals surface area contributed by atoms with Crippen molar-refractivity contribution < 1.29 is 0 Å². The molecule has 0 spiro atoms. The van der Waals surface area contributed by atoms with Crippen molar-refractivity contribution in [3.05, 3.63) is 0 Å². The van der Waals surface area contributed by atoms with Gasteiger partial charge in [0.15, 0.2) is 0 Å². The lowest BCUT2D eigenvalue weighted by atomic mass is 9.51. The summed E-state index contributed by atoms with van der Waals surface area (Å²) in [6, 6.07) is 0. The van der Waals surface area contributed by atoms with Crippen molar-refractivity contribution in [2.45, 2.75) is 32.1 Å². The highest BCUT2D eigenvalue weighted by Gasteiger charge is 2.49. The molecular formula is C11H19N3. The molecule has 4 rings (SSSR count). The van der Waals surface area contributed by atoms with Crippen LogP contribution in [0.25, 0.3) is 0 Å². The summed E-state index contributed by atoms with van der Waals surface area (Å²) < 4.78 is 0. The first-order valence-electron chi connectivity index (χ1n) is 5.81. The normalized spacial score (nSPS) is 51.1. The number of rotatable bonds is 1. The van der Waals surface area contributed by atoms with Crippen LogP contribution in [0.1, 0.15) is 32.1 Å². The van der Waals surface area contributed by atoms with Crippen molar-refractivity contribution >= 4 is 5.84 Å².